The lowest BCUT2D eigenvalue weighted by Crippen LogP contribution is -2.35. The van der Waals surface area contributed by atoms with Gasteiger partial charge in [-0.25, -0.2) is 8.42 Å². The molecule has 0 aliphatic rings. The molecule has 0 saturated heterocycles. The van der Waals surface area contributed by atoms with Gasteiger partial charge in [-0.3, -0.25) is 4.79 Å². The number of sulfonamides is 1. The molecule has 0 bridgehead atoms. The molecule has 1 aromatic carbocycles. The van der Waals surface area contributed by atoms with E-state index in [-0.39, 0.29) is 11.4 Å². The number of hydrogen-bond donors (Lipinski definition) is 3. The Morgan fingerprint density at radius 3 is 2.74 bits per heavy atom. The number of amides is 1. The predicted octanol–water partition coefficient (Wildman–Crippen LogP) is -0.144. The van der Waals surface area contributed by atoms with Gasteiger partial charge in [-0.2, -0.15) is 4.31 Å². The van der Waals surface area contributed by atoms with Gasteiger partial charge in [-0.15, -0.1) is 0 Å². The largest absolute Gasteiger partial charge is 0.399 e. The second kappa shape index (κ2) is 4.56. The van der Waals surface area contributed by atoms with Crippen molar-refractivity contribution in [3.05, 3.63) is 24.4 Å². The second-order valence-electron chi connectivity index (χ2n) is 4.19. The molecule has 1 aromatic heterocycles. The molecule has 0 aliphatic carbocycles. The normalized spacial score (nSPS) is 12.1. The molecule has 0 spiro atoms. The fourth-order valence-electron chi connectivity index (χ4n) is 1.80. The monoisotopic (exact) mass is 282 g/mol. The van der Waals surface area contributed by atoms with Crippen molar-refractivity contribution >= 4 is 32.5 Å². The van der Waals surface area contributed by atoms with Gasteiger partial charge in [-0.1, -0.05) is 0 Å². The second-order valence-corrected chi connectivity index (χ2v) is 6.20. The lowest BCUT2D eigenvalue weighted by atomic mass is 10.2. The molecule has 0 radical (unpaired) electrons. The quantitative estimate of drug-likeness (QED) is 0.675. The lowest BCUT2D eigenvalue weighted by molar-refractivity contribution is -0.118. The summed E-state index contributed by atoms with van der Waals surface area (Å²) in [5.74, 6) is -0.717. The van der Waals surface area contributed by atoms with Crippen LogP contribution in [0.2, 0.25) is 0 Å². The number of carbonyl (C=O) groups is 1. The van der Waals surface area contributed by atoms with Crippen molar-refractivity contribution in [3.63, 3.8) is 0 Å². The number of likely N-dealkylation sites (N-methyl/N-ethyl adjacent to an activating group) is 1. The maximum absolute atomic E-state index is 12.3. The van der Waals surface area contributed by atoms with E-state index in [1.807, 2.05) is 0 Å². The standard InChI is InChI=1S/C11H14N4O3S/c1-15(6-11(13)16)19(17,18)10-5-14-9-3-2-7(12)4-8(9)10/h2-5,14H,6,12H2,1H3,(H2,13,16). The summed E-state index contributed by atoms with van der Waals surface area (Å²) in [5, 5.41) is 0.483. The maximum Gasteiger partial charge on any atom is 0.245 e. The zero-order valence-corrected chi connectivity index (χ0v) is 11.1. The number of nitrogen functional groups attached to an aromatic ring is 1. The molecule has 2 rings (SSSR count). The third kappa shape index (κ3) is 2.40. The molecule has 0 saturated carbocycles. The number of rotatable bonds is 4. The van der Waals surface area contributed by atoms with Crippen molar-refractivity contribution in [2.45, 2.75) is 4.90 Å². The molecule has 0 atom stereocenters. The summed E-state index contributed by atoms with van der Waals surface area (Å²) in [4.78, 5) is 13.8. The first-order valence-electron chi connectivity index (χ1n) is 5.43. The number of nitrogens with one attached hydrogen (secondary N) is 1. The number of anilines is 1. The van der Waals surface area contributed by atoms with Crippen LogP contribution in [0.4, 0.5) is 5.69 Å². The summed E-state index contributed by atoms with van der Waals surface area (Å²) >= 11 is 0. The van der Waals surface area contributed by atoms with Gasteiger partial charge in [0.25, 0.3) is 0 Å². The van der Waals surface area contributed by atoms with Crippen LogP contribution in [0, 0.1) is 0 Å². The Kier molecular flexibility index (Phi) is 3.21. The van der Waals surface area contributed by atoms with Crippen LogP contribution in [0.15, 0.2) is 29.3 Å². The van der Waals surface area contributed by atoms with Crippen LogP contribution in [0.1, 0.15) is 0 Å². The van der Waals surface area contributed by atoms with Crippen LogP contribution in [-0.4, -0.2) is 37.2 Å². The summed E-state index contributed by atoms with van der Waals surface area (Å²) in [6, 6.07) is 4.93. The van der Waals surface area contributed by atoms with Crippen molar-refractivity contribution in [2.75, 3.05) is 19.3 Å². The number of hydrogen-bond acceptors (Lipinski definition) is 4. The molecular weight excluding hydrogens is 268 g/mol. The van der Waals surface area contributed by atoms with Crippen molar-refractivity contribution in [1.29, 1.82) is 0 Å². The lowest BCUT2D eigenvalue weighted by Gasteiger charge is -2.14. The average Bonchev–Trinajstić information content (AvgIpc) is 2.71. The third-order valence-electron chi connectivity index (χ3n) is 2.73. The van der Waals surface area contributed by atoms with E-state index < -0.39 is 15.9 Å². The number of H-pyrrole nitrogens is 1. The Morgan fingerprint density at radius 2 is 2.11 bits per heavy atom. The van der Waals surface area contributed by atoms with Gasteiger partial charge >= 0.3 is 0 Å². The summed E-state index contributed by atoms with van der Waals surface area (Å²) in [5.41, 5.74) is 11.8. The molecule has 1 heterocycles. The van der Waals surface area contributed by atoms with Gasteiger partial charge in [0.05, 0.1) is 6.54 Å². The minimum Gasteiger partial charge on any atom is -0.399 e. The van der Waals surface area contributed by atoms with E-state index in [9.17, 15) is 13.2 Å². The Labute approximate surface area is 110 Å². The molecule has 0 unspecified atom stereocenters. The van der Waals surface area contributed by atoms with Crippen molar-refractivity contribution < 1.29 is 13.2 Å². The average molecular weight is 282 g/mol. The van der Waals surface area contributed by atoms with E-state index in [4.69, 9.17) is 11.5 Å². The predicted molar refractivity (Wildman–Crippen MR) is 71.7 cm³/mol. The van der Waals surface area contributed by atoms with E-state index in [0.717, 1.165) is 4.31 Å². The number of nitrogens with zero attached hydrogens (tertiary/aromatic N) is 1. The van der Waals surface area contributed by atoms with Crippen LogP contribution in [-0.2, 0) is 14.8 Å². The van der Waals surface area contributed by atoms with E-state index in [2.05, 4.69) is 4.98 Å². The van der Waals surface area contributed by atoms with E-state index in [1.165, 1.54) is 13.2 Å². The molecule has 0 fully saturated rings. The van der Waals surface area contributed by atoms with Crippen molar-refractivity contribution in [3.8, 4) is 0 Å². The topological polar surface area (TPSA) is 122 Å². The van der Waals surface area contributed by atoms with E-state index >= 15 is 0 Å². The van der Waals surface area contributed by atoms with Crippen LogP contribution in [0.5, 0.6) is 0 Å². The number of fused-ring (bicyclic) bond motifs is 1. The molecule has 2 aromatic rings. The van der Waals surface area contributed by atoms with E-state index in [1.54, 1.807) is 18.2 Å². The third-order valence-corrected chi connectivity index (χ3v) is 4.58. The summed E-state index contributed by atoms with van der Waals surface area (Å²) < 4.78 is 25.5. The Morgan fingerprint density at radius 1 is 1.42 bits per heavy atom. The van der Waals surface area contributed by atoms with Gasteiger partial charge in [0, 0.05) is 29.8 Å². The van der Waals surface area contributed by atoms with Gasteiger partial charge in [-0.05, 0) is 18.2 Å². The van der Waals surface area contributed by atoms with Crippen LogP contribution >= 0.6 is 0 Å². The van der Waals surface area contributed by atoms with Crippen molar-refractivity contribution in [2.24, 2.45) is 5.73 Å². The Hall–Kier alpha value is -2.06. The van der Waals surface area contributed by atoms with Crippen LogP contribution in [0.3, 0.4) is 0 Å². The fraction of sp³-hybridized carbons (Fsp3) is 0.182. The molecule has 102 valence electrons. The molecule has 0 aliphatic heterocycles. The highest BCUT2D eigenvalue weighted by Gasteiger charge is 2.25. The number of aromatic amines is 1. The molecule has 7 nitrogen and oxygen atoms in total. The summed E-state index contributed by atoms with van der Waals surface area (Å²) in [7, 11) is -2.49. The summed E-state index contributed by atoms with van der Waals surface area (Å²) in [6.07, 6.45) is 1.37. The van der Waals surface area contributed by atoms with Gasteiger partial charge in [0.2, 0.25) is 15.9 Å². The number of benzene rings is 1. The smallest absolute Gasteiger partial charge is 0.245 e. The van der Waals surface area contributed by atoms with Crippen LogP contribution in [0.25, 0.3) is 10.9 Å². The van der Waals surface area contributed by atoms with Crippen molar-refractivity contribution in [1.82, 2.24) is 9.29 Å². The highest BCUT2D eigenvalue weighted by Crippen LogP contribution is 2.26. The maximum atomic E-state index is 12.3. The first-order chi connectivity index (χ1) is 8.82. The van der Waals surface area contributed by atoms with Crippen LogP contribution < -0.4 is 11.5 Å². The molecule has 5 N–H and O–H groups in total. The van der Waals surface area contributed by atoms with Gasteiger partial charge in [0.1, 0.15) is 4.90 Å². The molecule has 1 amide bonds. The Bertz CT molecular complexity index is 735. The fourth-order valence-corrected chi connectivity index (χ4v) is 3.09. The van der Waals surface area contributed by atoms with E-state index in [0.29, 0.717) is 16.6 Å². The SMILES string of the molecule is CN(CC(N)=O)S(=O)(=O)c1c[nH]c2ccc(N)cc12. The number of nitrogens with two attached hydrogens (primary N) is 2. The Balaban J connectivity index is 2.54. The number of carbonyl (C=O) groups excluding carboxylic acids is 1. The highest BCUT2D eigenvalue weighted by atomic mass is 32.2. The molecule has 19 heavy (non-hydrogen) atoms. The zero-order valence-electron chi connectivity index (χ0n) is 10.3. The van der Waals surface area contributed by atoms with Gasteiger partial charge < -0.3 is 16.5 Å². The molecule has 8 heteroatoms. The minimum absolute atomic E-state index is 0.0681. The first-order valence-corrected chi connectivity index (χ1v) is 6.87. The zero-order chi connectivity index (χ0) is 14.2. The molecular formula is C11H14N4O3S. The summed E-state index contributed by atoms with van der Waals surface area (Å²) in [6.45, 7) is -0.378. The highest BCUT2D eigenvalue weighted by molar-refractivity contribution is 7.89. The number of aromatic nitrogens is 1. The number of primary amides is 1. The minimum atomic E-state index is -3.79. The van der Waals surface area contributed by atoms with Gasteiger partial charge in [0.15, 0.2) is 0 Å². The first kappa shape index (κ1) is 13.4.